The number of hydrogen-bond acceptors (Lipinski definition) is 2. The third-order valence-corrected chi connectivity index (χ3v) is 4.30. The summed E-state index contributed by atoms with van der Waals surface area (Å²) in [5, 5.41) is 0. The second-order valence-electron chi connectivity index (χ2n) is 7.10. The van der Waals surface area contributed by atoms with E-state index in [1.807, 2.05) is 0 Å². The normalized spacial score (nSPS) is 20.4. The summed E-state index contributed by atoms with van der Waals surface area (Å²) in [6.45, 7) is 11.4. The van der Waals surface area contributed by atoms with Crippen molar-refractivity contribution in [1.29, 1.82) is 0 Å². The quantitative estimate of drug-likeness (QED) is 0.804. The van der Waals surface area contributed by atoms with Crippen LogP contribution >= 0.6 is 0 Å². The van der Waals surface area contributed by atoms with Crippen molar-refractivity contribution in [3.05, 3.63) is 29.3 Å². The van der Waals surface area contributed by atoms with Gasteiger partial charge in [0.05, 0.1) is 0 Å². The van der Waals surface area contributed by atoms with Crippen molar-refractivity contribution in [2.24, 2.45) is 0 Å². The zero-order valence-corrected chi connectivity index (χ0v) is 13.3. The molecular weight excluding hydrogens is 232 g/mol. The molecule has 2 rings (SSSR count). The number of aryl methyl sites for hydroxylation is 1. The largest absolute Gasteiger partial charge is 0.370 e. The van der Waals surface area contributed by atoms with Gasteiger partial charge in [-0.05, 0) is 50.0 Å². The highest BCUT2D eigenvalue weighted by Gasteiger charge is 2.25. The van der Waals surface area contributed by atoms with Crippen LogP contribution in [0.3, 0.4) is 0 Å². The number of likely N-dealkylation sites (N-methyl/N-ethyl adjacent to an activating group) is 1. The van der Waals surface area contributed by atoms with Crippen molar-refractivity contribution in [2.75, 3.05) is 32.1 Å². The molecule has 0 unspecified atom stereocenters. The fourth-order valence-electron chi connectivity index (χ4n) is 2.86. The van der Waals surface area contributed by atoms with Crippen molar-refractivity contribution in [3.8, 4) is 0 Å². The first-order valence-electron chi connectivity index (χ1n) is 7.31. The first-order chi connectivity index (χ1) is 8.79. The van der Waals surface area contributed by atoms with Gasteiger partial charge in [0.2, 0.25) is 0 Å². The van der Waals surface area contributed by atoms with Crippen molar-refractivity contribution >= 4 is 5.69 Å². The van der Waals surface area contributed by atoms with Gasteiger partial charge in [-0.15, -0.1) is 0 Å². The lowest BCUT2D eigenvalue weighted by Crippen LogP contribution is -2.31. The summed E-state index contributed by atoms with van der Waals surface area (Å²) in [5.41, 5.74) is 4.49. The van der Waals surface area contributed by atoms with Crippen LogP contribution in [0, 0.1) is 6.92 Å². The van der Waals surface area contributed by atoms with Crippen LogP contribution in [0.15, 0.2) is 18.2 Å². The number of rotatable bonds is 2. The van der Waals surface area contributed by atoms with E-state index in [1.54, 1.807) is 0 Å². The summed E-state index contributed by atoms with van der Waals surface area (Å²) in [7, 11) is 4.37. The van der Waals surface area contributed by atoms with Gasteiger partial charge in [0, 0.05) is 24.8 Å². The zero-order chi connectivity index (χ0) is 14.2. The summed E-state index contributed by atoms with van der Waals surface area (Å²) in [6, 6.07) is 7.67. The molecule has 1 aromatic rings. The molecule has 1 aromatic carbocycles. The van der Waals surface area contributed by atoms with Crippen LogP contribution in [0.2, 0.25) is 0 Å². The maximum atomic E-state index is 2.53. The lowest BCUT2D eigenvalue weighted by molar-refractivity contribution is 0.315. The van der Waals surface area contributed by atoms with Crippen molar-refractivity contribution in [1.82, 2.24) is 4.90 Å². The fraction of sp³-hybridized carbons (Fsp3) is 0.647. The van der Waals surface area contributed by atoms with Crippen LogP contribution in [-0.2, 0) is 5.41 Å². The van der Waals surface area contributed by atoms with Gasteiger partial charge in [0.1, 0.15) is 0 Å². The molecule has 1 atom stereocenters. The molecule has 0 bridgehead atoms. The van der Waals surface area contributed by atoms with E-state index in [0.29, 0.717) is 6.04 Å². The molecule has 0 aliphatic carbocycles. The van der Waals surface area contributed by atoms with Crippen molar-refractivity contribution in [2.45, 2.75) is 45.6 Å². The molecule has 0 spiro atoms. The standard InChI is InChI=1S/C17H28N2/c1-13-11-14(17(2,3)4)7-8-16(13)19-10-9-15(12-19)18(5)6/h7-8,11,15H,9-10,12H2,1-6H3/t15-/m1/s1. The van der Waals surface area contributed by atoms with E-state index in [9.17, 15) is 0 Å². The Balaban J connectivity index is 2.19. The minimum Gasteiger partial charge on any atom is -0.370 e. The molecule has 1 aliphatic rings. The van der Waals surface area contributed by atoms with Crippen LogP contribution < -0.4 is 4.90 Å². The highest BCUT2D eigenvalue weighted by atomic mass is 15.2. The zero-order valence-electron chi connectivity index (χ0n) is 13.3. The Morgan fingerprint density at radius 2 is 1.89 bits per heavy atom. The molecule has 1 aliphatic heterocycles. The summed E-state index contributed by atoms with van der Waals surface area (Å²) < 4.78 is 0. The third-order valence-electron chi connectivity index (χ3n) is 4.30. The van der Waals surface area contributed by atoms with Crippen molar-refractivity contribution < 1.29 is 0 Å². The molecule has 19 heavy (non-hydrogen) atoms. The molecule has 0 radical (unpaired) electrons. The second-order valence-corrected chi connectivity index (χ2v) is 7.10. The number of benzene rings is 1. The van der Waals surface area contributed by atoms with Crippen LogP contribution in [0.25, 0.3) is 0 Å². The Hall–Kier alpha value is -1.02. The lowest BCUT2D eigenvalue weighted by atomic mass is 9.86. The minimum atomic E-state index is 0.237. The topological polar surface area (TPSA) is 6.48 Å². The van der Waals surface area contributed by atoms with Crippen LogP contribution in [0.1, 0.15) is 38.3 Å². The van der Waals surface area contributed by atoms with Gasteiger partial charge in [-0.2, -0.15) is 0 Å². The smallest absolute Gasteiger partial charge is 0.0396 e. The molecule has 1 saturated heterocycles. The highest BCUT2D eigenvalue weighted by Crippen LogP contribution is 2.30. The molecule has 0 N–H and O–H groups in total. The molecule has 2 heteroatoms. The van der Waals surface area contributed by atoms with Gasteiger partial charge in [-0.1, -0.05) is 32.9 Å². The van der Waals surface area contributed by atoms with Gasteiger partial charge in [0.15, 0.2) is 0 Å². The third kappa shape index (κ3) is 3.11. The van der Waals surface area contributed by atoms with Crippen LogP contribution in [0.5, 0.6) is 0 Å². The predicted molar refractivity (Wildman–Crippen MR) is 84.2 cm³/mol. The van der Waals surface area contributed by atoms with Gasteiger partial charge in [0.25, 0.3) is 0 Å². The number of nitrogens with zero attached hydrogens (tertiary/aromatic N) is 2. The van der Waals surface area contributed by atoms with Crippen molar-refractivity contribution in [3.63, 3.8) is 0 Å². The first kappa shape index (κ1) is 14.4. The Morgan fingerprint density at radius 1 is 1.21 bits per heavy atom. The van der Waals surface area contributed by atoms with E-state index in [2.05, 4.69) is 69.8 Å². The summed E-state index contributed by atoms with van der Waals surface area (Å²) >= 11 is 0. The second kappa shape index (κ2) is 5.16. The number of hydrogen-bond donors (Lipinski definition) is 0. The monoisotopic (exact) mass is 260 g/mol. The Bertz CT molecular complexity index is 443. The first-order valence-corrected chi connectivity index (χ1v) is 7.31. The summed E-state index contributed by atoms with van der Waals surface area (Å²) in [4.78, 5) is 4.88. The molecule has 106 valence electrons. The molecular formula is C17H28N2. The predicted octanol–water partition coefficient (Wildman–Crippen LogP) is 3.43. The van der Waals surface area contributed by atoms with Gasteiger partial charge >= 0.3 is 0 Å². The van der Waals surface area contributed by atoms with Gasteiger partial charge in [-0.3, -0.25) is 0 Å². The van der Waals surface area contributed by atoms with E-state index in [0.717, 1.165) is 6.54 Å². The van der Waals surface area contributed by atoms with Crippen LogP contribution in [0.4, 0.5) is 5.69 Å². The fourth-order valence-corrected chi connectivity index (χ4v) is 2.86. The van der Waals surface area contributed by atoms with E-state index < -0.39 is 0 Å². The van der Waals surface area contributed by atoms with E-state index in [-0.39, 0.29) is 5.41 Å². The molecule has 1 heterocycles. The highest BCUT2D eigenvalue weighted by molar-refractivity contribution is 5.56. The minimum absolute atomic E-state index is 0.237. The summed E-state index contributed by atoms with van der Waals surface area (Å²) in [6.07, 6.45) is 1.27. The number of anilines is 1. The average molecular weight is 260 g/mol. The van der Waals surface area contributed by atoms with E-state index >= 15 is 0 Å². The van der Waals surface area contributed by atoms with Crippen LogP contribution in [-0.4, -0.2) is 38.1 Å². The molecule has 0 saturated carbocycles. The Kier molecular flexibility index (Phi) is 3.91. The Labute approximate surface area is 118 Å². The molecule has 2 nitrogen and oxygen atoms in total. The molecule has 0 amide bonds. The maximum absolute atomic E-state index is 2.53. The lowest BCUT2D eigenvalue weighted by Gasteiger charge is -2.26. The Morgan fingerprint density at radius 3 is 2.37 bits per heavy atom. The SMILES string of the molecule is Cc1cc(C(C)(C)C)ccc1N1CC[C@@H](N(C)C)C1. The summed E-state index contributed by atoms with van der Waals surface area (Å²) in [5.74, 6) is 0. The molecule has 1 fully saturated rings. The average Bonchev–Trinajstić information content (AvgIpc) is 2.76. The maximum Gasteiger partial charge on any atom is 0.0396 e. The van der Waals surface area contributed by atoms with E-state index in [1.165, 1.54) is 29.8 Å². The van der Waals surface area contributed by atoms with Gasteiger partial charge < -0.3 is 9.80 Å². The van der Waals surface area contributed by atoms with E-state index in [4.69, 9.17) is 0 Å². The molecule has 0 aromatic heterocycles. The van der Waals surface area contributed by atoms with Gasteiger partial charge in [-0.25, -0.2) is 0 Å².